The monoisotopic (exact) mass is 383 g/mol. The molecular weight excluding hydrogens is 362 g/mol. The molecule has 0 unspecified atom stereocenters. The molecular formula is C21H21NO6. The molecule has 0 saturated heterocycles. The van der Waals surface area contributed by atoms with Gasteiger partial charge in [-0.15, -0.1) is 0 Å². The molecule has 0 saturated carbocycles. The lowest BCUT2D eigenvalue weighted by Gasteiger charge is -2.18. The largest absolute Gasteiger partial charge is 0.466 e. The van der Waals surface area contributed by atoms with Gasteiger partial charge < -0.3 is 19.5 Å². The molecule has 2 rings (SSSR count). The van der Waals surface area contributed by atoms with E-state index in [0.29, 0.717) is 0 Å². The van der Waals surface area contributed by atoms with Gasteiger partial charge in [0, 0.05) is 12.2 Å². The van der Waals surface area contributed by atoms with Crippen molar-refractivity contribution in [2.24, 2.45) is 0 Å². The molecule has 1 amide bonds. The van der Waals surface area contributed by atoms with E-state index in [-0.39, 0.29) is 13.2 Å². The van der Waals surface area contributed by atoms with Gasteiger partial charge in [0.25, 0.3) is 0 Å². The number of hydrogen-bond donors (Lipinski definition) is 1. The number of alkyl carbamates (subject to hydrolysis) is 1. The molecule has 0 fully saturated rings. The van der Waals surface area contributed by atoms with Crippen molar-refractivity contribution in [3.8, 4) is 0 Å². The van der Waals surface area contributed by atoms with Crippen molar-refractivity contribution in [1.29, 1.82) is 0 Å². The van der Waals surface area contributed by atoms with Crippen molar-refractivity contribution in [3.05, 3.63) is 83.9 Å². The molecule has 0 aromatic heterocycles. The number of benzene rings is 2. The summed E-state index contributed by atoms with van der Waals surface area (Å²) in [6.45, 7) is -0.00929. The van der Waals surface area contributed by atoms with Gasteiger partial charge in [0.2, 0.25) is 0 Å². The smallest absolute Gasteiger partial charge is 0.408 e. The highest BCUT2D eigenvalue weighted by Crippen LogP contribution is 2.14. The minimum atomic E-state index is -0.731. The summed E-state index contributed by atoms with van der Waals surface area (Å²) in [7, 11) is 1.20. The van der Waals surface area contributed by atoms with Crippen LogP contribution < -0.4 is 5.32 Å². The Morgan fingerprint density at radius 3 is 2.14 bits per heavy atom. The standard InChI is InChI=1S/C21H21NO6/c1-26-19(23)12-13-20(24)27-15-18(17-10-6-3-7-11-17)22-21(25)28-14-16-8-4-2-5-9-16/h2-13,18H,14-15H2,1H3,(H,22,25)/b13-12+/t18-/m0/s1. The molecule has 0 aliphatic carbocycles. The van der Waals surface area contributed by atoms with E-state index < -0.39 is 24.1 Å². The maximum absolute atomic E-state index is 12.1. The first-order valence-corrected chi connectivity index (χ1v) is 8.53. The predicted octanol–water partition coefficient (Wildman–Crippen LogP) is 2.93. The lowest BCUT2D eigenvalue weighted by atomic mass is 10.1. The number of carbonyl (C=O) groups is 3. The average Bonchev–Trinajstić information content (AvgIpc) is 2.74. The van der Waals surface area contributed by atoms with Gasteiger partial charge in [0.1, 0.15) is 13.2 Å². The van der Waals surface area contributed by atoms with Gasteiger partial charge in [-0.25, -0.2) is 14.4 Å². The zero-order chi connectivity index (χ0) is 20.2. The highest BCUT2D eigenvalue weighted by molar-refractivity contribution is 5.91. The topological polar surface area (TPSA) is 90.9 Å². The van der Waals surface area contributed by atoms with Crippen LogP contribution in [0.3, 0.4) is 0 Å². The van der Waals surface area contributed by atoms with Gasteiger partial charge in [-0.05, 0) is 11.1 Å². The van der Waals surface area contributed by atoms with Crippen molar-refractivity contribution in [2.45, 2.75) is 12.6 Å². The van der Waals surface area contributed by atoms with E-state index in [2.05, 4.69) is 10.1 Å². The first-order valence-electron chi connectivity index (χ1n) is 8.53. The molecule has 7 heteroatoms. The molecule has 0 aliphatic heterocycles. The maximum Gasteiger partial charge on any atom is 0.408 e. The summed E-state index contributed by atoms with van der Waals surface area (Å²) in [6.07, 6.45) is 1.28. The molecule has 2 aromatic carbocycles. The van der Waals surface area contributed by atoms with Crippen LogP contribution in [-0.4, -0.2) is 31.7 Å². The fourth-order valence-electron chi connectivity index (χ4n) is 2.23. The van der Waals surface area contributed by atoms with Crippen molar-refractivity contribution >= 4 is 18.0 Å². The van der Waals surface area contributed by atoms with E-state index in [9.17, 15) is 14.4 Å². The number of amides is 1. The van der Waals surface area contributed by atoms with E-state index >= 15 is 0 Å². The number of nitrogens with one attached hydrogen (secondary N) is 1. The highest BCUT2D eigenvalue weighted by atomic mass is 16.6. The van der Waals surface area contributed by atoms with E-state index in [0.717, 1.165) is 23.3 Å². The van der Waals surface area contributed by atoms with Crippen molar-refractivity contribution in [3.63, 3.8) is 0 Å². The molecule has 0 radical (unpaired) electrons. The molecule has 2 aromatic rings. The third kappa shape index (κ3) is 7.33. The fraction of sp³-hybridized carbons (Fsp3) is 0.190. The van der Waals surface area contributed by atoms with E-state index in [1.807, 2.05) is 36.4 Å². The van der Waals surface area contributed by atoms with Crippen molar-refractivity contribution in [1.82, 2.24) is 5.32 Å². The van der Waals surface area contributed by atoms with Crippen LogP contribution in [0.1, 0.15) is 17.2 Å². The van der Waals surface area contributed by atoms with E-state index in [1.165, 1.54) is 7.11 Å². The van der Waals surface area contributed by atoms with E-state index in [4.69, 9.17) is 9.47 Å². The SMILES string of the molecule is COC(=O)/C=C/C(=O)OC[C@H](NC(=O)OCc1ccccc1)c1ccccc1. The number of methoxy groups -OCH3 is 1. The van der Waals surface area contributed by atoms with E-state index in [1.54, 1.807) is 24.3 Å². The molecule has 0 bridgehead atoms. The summed E-state index contributed by atoms with van der Waals surface area (Å²) in [4.78, 5) is 34.9. The van der Waals surface area contributed by atoms with Crippen molar-refractivity contribution in [2.75, 3.05) is 13.7 Å². The lowest BCUT2D eigenvalue weighted by Crippen LogP contribution is -2.32. The second-order valence-electron chi connectivity index (χ2n) is 5.66. The molecule has 0 aliphatic rings. The van der Waals surface area contributed by atoms with Crippen LogP contribution in [0.5, 0.6) is 0 Å². The Kier molecular flexibility index (Phi) is 8.26. The molecule has 0 spiro atoms. The summed E-state index contributed by atoms with van der Waals surface area (Å²) in [5, 5.41) is 2.68. The molecule has 0 heterocycles. The summed E-state index contributed by atoms with van der Waals surface area (Å²) >= 11 is 0. The Balaban J connectivity index is 1.94. The number of ether oxygens (including phenoxy) is 3. The lowest BCUT2D eigenvalue weighted by molar-refractivity contribution is -0.140. The normalized spacial score (nSPS) is 11.5. The van der Waals surface area contributed by atoms with Crippen LogP contribution in [0.2, 0.25) is 0 Å². The summed E-state index contributed by atoms with van der Waals surface area (Å²) < 4.78 is 14.7. The number of carbonyl (C=O) groups excluding carboxylic acids is 3. The van der Waals surface area contributed by atoms with Gasteiger partial charge in [-0.3, -0.25) is 0 Å². The highest BCUT2D eigenvalue weighted by Gasteiger charge is 2.17. The fourth-order valence-corrected chi connectivity index (χ4v) is 2.23. The number of esters is 2. The number of hydrogen-bond acceptors (Lipinski definition) is 6. The quantitative estimate of drug-likeness (QED) is 0.428. The Labute approximate surface area is 162 Å². The van der Waals surface area contributed by atoms with Crippen LogP contribution in [0.4, 0.5) is 4.79 Å². The Bertz CT molecular complexity index is 804. The molecule has 1 N–H and O–H groups in total. The molecule has 146 valence electrons. The summed E-state index contributed by atoms with van der Waals surface area (Å²) in [5.74, 6) is -1.40. The van der Waals surface area contributed by atoms with Gasteiger partial charge in [-0.1, -0.05) is 60.7 Å². The van der Waals surface area contributed by atoms with Gasteiger partial charge in [-0.2, -0.15) is 0 Å². The molecule has 28 heavy (non-hydrogen) atoms. The van der Waals surface area contributed by atoms with Crippen LogP contribution in [0, 0.1) is 0 Å². The summed E-state index contributed by atoms with van der Waals surface area (Å²) in [5.41, 5.74) is 1.59. The van der Waals surface area contributed by atoms with Crippen LogP contribution in [-0.2, 0) is 30.4 Å². The Morgan fingerprint density at radius 2 is 1.50 bits per heavy atom. The average molecular weight is 383 g/mol. The van der Waals surface area contributed by atoms with Gasteiger partial charge >= 0.3 is 18.0 Å². The van der Waals surface area contributed by atoms with Crippen LogP contribution in [0.15, 0.2) is 72.8 Å². The van der Waals surface area contributed by atoms with Gasteiger partial charge in [0.15, 0.2) is 0 Å². The zero-order valence-corrected chi connectivity index (χ0v) is 15.4. The van der Waals surface area contributed by atoms with Crippen LogP contribution in [0.25, 0.3) is 0 Å². The van der Waals surface area contributed by atoms with Crippen molar-refractivity contribution < 1.29 is 28.6 Å². The first kappa shape index (κ1) is 20.7. The summed E-state index contributed by atoms with van der Waals surface area (Å²) in [6, 6.07) is 17.7. The predicted molar refractivity (Wildman–Crippen MR) is 101 cm³/mol. The second kappa shape index (κ2) is 11.2. The molecule has 7 nitrogen and oxygen atoms in total. The first-order chi connectivity index (χ1) is 13.6. The zero-order valence-electron chi connectivity index (χ0n) is 15.4. The Hall–Kier alpha value is -3.61. The van der Waals surface area contributed by atoms with Gasteiger partial charge in [0.05, 0.1) is 13.2 Å². The maximum atomic E-state index is 12.1. The third-order valence-corrected chi connectivity index (χ3v) is 3.66. The van der Waals surface area contributed by atoms with Crippen LogP contribution >= 0.6 is 0 Å². The minimum Gasteiger partial charge on any atom is -0.466 e. The minimum absolute atomic E-state index is 0.121. The third-order valence-electron chi connectivity index (χ3n) is 3.66. The Morgan fingerprint density at radius 1 is 0.893 bits per heavy atom. The number of rotatable bonds is 8. The molecule has 1 atom stereocenters. The second-order valence-corrected chi connectivity index (χ2v) is 5.66.